The Kier molecular flexibility index (Phi) is 2.83. The Labute approximate surface area is 128 Å². The van der Waals surface area contributed by atoms with Gasteiger partial charge in [0.25, 0.3) is 0 Å². The molecule has 0 aliphatic carbocycles. The average molecular weight is 313 g/mol. The normalized spacial score (nSPS) is 11.5. The molecule has 3 heterocycles. The predicted molar refractivity (Wildman–Crippen MR) is 85.9 cm³/mol. The molecule has 0 bridgehead atoms. The molecule has 0 amide bonds. The third-order valence-electron chi connectivity index (χ3n) is 3.10. The van der Waals surface area contributed by atoms with Crippen LogP contribution in [-0.4, -0.2) is 19.6 Å². The number of pyridine rings is 1. The summed E-state index contributed by atoms with van der Waals surface area (Å²) in [4.78, 5) is 5.37. The van der Waals surface area contributed by atoms with E-state index in [2.05, 4.69) is 28.2 Å². The van der Waals surface area contributed by atoms with Gasteiger partial charge >= 0.3 is 0 Å². The van der Waals surface area contributed by atoms with E-state index in [4.69, 9.17) is 5.73 Å². The molecule has 0 atom stereocenters. The molecular weight excluding hydrogens is 302 g/mol. The monoisotopic (exact) mass is 313 g/mol. The van der Waals surface area contributed by atoms with Gasteiger partial charge in [0.2, 0.25) is 0 Å². The summed E-state index contributed by atoms with van der Waals surface area (Å²) in [7, 11) is 0. The van der Waals surface area contributed by atoms with Crippen molar-refractivity contribution in [2.24, 2.45) is 0 Å². The van der Waals surface area contributed by atoms with E-state index >= 15 is 0 Å². The quantitative estimate of drug-likeness (QED) is 0.614. The third-order valence-corrected chi connectivity index (χ3v) is 4.90. The van der Waals surface area contributed by atoms with Crippen molar-refractivity contribution in [1.29, 1.82) is 0 Å². The smallest absolute Gasteiger partial charge is 0.200 e. The number of thiazole rings is 1. The van der Waals surface area contributed by atoms with Crippen LogP contribution in [0.4, 0.5) is 5.13 Å². The minimum absolute atomic E-state index is 0.593. The third kappa shape index (κ3) is 2.24. The van der Waals surface area contributed by atoms with Crippen LogP contribution in [0.2, 0.25) is 0 Å². The number of nitrogen functional groups attached to an aromatic ring is 1. The van der Waals surface area contributed by atoms with Gasteiger partial charge in [-0.25, -0.2) is 4.98 Å². The SMILES string of the molecule is Cc1ccc2nnc(Sc3ccc4nc(N)sc4c3)n2c1. The molecule has 104 valence electrons. The van der Waals surface area contributed by atoms with Gasteiger partial charge in [-0.2, -0.15) is 0 Å². The molecule has 21 heavy (non-hydrogen) atoms. The van der Waals surface area contributed by atoms with Gasteiger partial charge in [-0.05, 0) is 48.5 Å². The average Bonchev–Trinajstić information content (AvgIpc) is 3.01. The highest BCUT2D eigenvalue weighted by atomic mass is 32.2. The van der Waals surface area contributed by atoms with Gasteiger partial charge < -0.3 is 5.73 Å². The highest BCUT2D eigenvalue weighted by molar-refractivity contribution is 7.99. The highest BCUT2D eigenvalue weighted by Gasteiger charge is 2.09. The summed E-state index contributed by atoms with van der Waals surface area (Å²) >= 11 is 3.08. The molecule has 0 saturated heterocycles. The summed E-state index contributed by atoms with van der Waals surface area (Å²) in [6.07, 6.45) is 2.04. The topological polar surface area (TPSA) is 69.1 Å². The highest BCUT2D eigenvalue weighted by Crippen LogP contribution is 2.32. The largest absolute Gasteiger partial charge is 0.375 e. The zero-order valence-corrected chi connectivity index (χ0v) is 12.8. The summed E-state index contributed by atoms with van der Waals surface area (Å²) in [5, 5.41) is 9.89. The number of rotatable bonds is 2. The molecular formula is C14H11N5S2. The molecule has 3 aromatic heterocycles. The van der Waals surface area contributed by atoms with E-state index in [1.807, 2.05) is 34.9 Å². The zero-order valence-electron chi connectivity index (χ0n) is 11.1. The van der Waals surface area contributed by atoms with Crippen LogP contribution in [0.5, 0.6) is 0 Å². The standard InChI is InChI=1S/C14H11N5S2/c1-8-2-5-12-17-18-14(19(12)7-8)20-9-3-4-10-11(6-9)21-13(15)16-10/h2-7H,1H3,(H2,15,16). The van der Waals surface area contributed by atoms with Crippen molar-refractivity contribution in [2.75, 3.05) is 5.73 Å². The molecule has 4 aromatic rings. The van der Waals surface area contributed by atoms with E-state index in [1.165, 1.54) is 16.9 Å². The fraction of sp³-hybridized carbons (Fsp3) is 0.0714. The Balaban J connectivity index is 1.76. The summed E-state index contributed by atoms with van der Waals surface area (Å²) in [6.45, 7) is 2.06. The van der Waals surface area contributed by atoms with Crippen LogP contribution < -0.4 is 5.73 Å². The van der Waals surface area contributed by atoms with Crippen LogP contribution >= 0.6 is 23.1 Å². The van der Waals surface area contributed by atoms with Gasteiger partial charge in [0, 0.05) is 11.1 Å². The molecule has 0 spiro atoms. The lowest BCUT2D eigenvalue weighted by atomic mass is 10.3. The molecule has 0 aliphatic heterocycles. The van der Waals surface area contributed by atoms with Crippen molar-refractivity contribution < 1.29 is 0 Å². The number of aryl methyl sites for hydroxylation is 1. The fourth-order valence-corrected chi connectivity index (χ4v) is 3.84. The number of hydrogen-bond donors (Lipinski definition) is 1. The van der Waals surface area contributed by atoms with Gasteiger partial charge in [0.15, 0.2) is 15.9 Å². The molecule has 0 aliphatic rings. The van der Waals surface area contributed by atoms with Crippen LogP contribution in [0.1, 0.15) is 5.56 Å². The molecule has 5 nitrogen and oxygen atoms in total. The van der Waals surface area contributed by atoms with Crippen LogP contribution in [0, 0.1) is 6.92 Å². The van der Waals surface area contributed by atoms with Gasteiger partial charge in [-0.1, -0.05) is 17.4 Å². The summed E-state index contributed by atoms with van der Waals surface area (Å²) in [5.74, 6) is 0. The lowest BCUT2D eigenvalue weighted by molar-refractivity contribution is 0.917. The van der Waals surface area contributed by atoms with Gasteiger partial charge in [-0.3, -0.25) is 4.40 Å². The number of aromatic nitrogens is 4. The van der Waals surface area contributed by atoms with Crippen molar-refractivity contribution >= 4 is 44.1 Å². The van der Waals surface area contributed by atoms with E-state index in [0.717, 1.165) is 25.9 Å². The first-order valence-electron chi connectivity index (χ1n) is 6.34. The Morgan fingerprint density at radius 3 is 3.00 bits per heavy atom. The Morgan fingerprint density at radius 1 is 1.19 bits per heavy atom. The lowest BCUT2D eigenvalue weighted by Gasteiger charge is -2.01. The van der Waals surface area contributed by atoms with Crippen molar-refractivity contribution in [1.82, 2.24) is 19.6 Å². The zero-order chi connectivity index (χ0) is 14.4. The van der Waals surface area contributed by atoms with Gasteiger partial charge in [-0.15, -0.1) is 10.2 Å². The van der Waals surface area contributed by atoms with Crippen molar-refractivity contribution in [3.05, 3.63) is 42.1 Å². The van der Waals surface area contributed by atoms with Gasteiger partial charge in [0.05, 0.1) is 10.2 Å². The van der Waals surface area contributed by atoms with E-state index < -0.39 is 0 Å². The van der Waals surface area contributed by atoms with Crippen LogP contribution in [0.15, 0.2) is 46.6 Å². The van der Waals surface area contributed by atoms with Crippen molar-refractivity contribution in [3.63, 3.8) is 0 Å². The van der Waals surface area contributed by atoms with E-state index in [-0.39, 0.29) is 0 Å². The lowest BCUT2D eigenvalue weighted by Crippen LogP contribution is -1.88. The van der Waals surface area contributed by atoms with Crippen molar-refractivity contribution in [2.45, 2.75) is 17.0 Å². The van der Waals surface area contributed by atoms with Crippen molar-refractivity contribution in [3.8, 4) is 0 Å². The summed E-state index contributed by atoms with van der Waals surface area (Å²) in [6, 6.07) is 10.1. The fourth-order valence-electron chi connectivity index (χ4n) is 2.14. The van der Waals surface area contributed by atoms with Gasteiger partial charge in [0.1, 0.15) is 0 Å². The second-order valence-electron chi connectivity index (χ2n) is 4.70. The number of anilines is 1. The first-order chi connectivity index (χ1) is 10.2. The molecule has 0 fully saturated rings. The minimum Gasteiger partial charge on any atom is -0.375 e. The Bertz CT molecular complexity index is 956. The maximum atomic E-state index is 5.74. The van der Waals surface area contributed by atoms with Crippen LogP contribution in [0.3, 0.4) is 0 Å². The van der Waals surface area contributed by atoms with Crippen LogP contribution in [0.25, 0.3) is 15.9 Å². The van der Waals surface area contributed by atoms with Crippen LogP contribution in [-0.2, 0) is 0 Å². The van der Waals surface area contributed by atoms with E-state index in [1.54, 1.807) is 11.8 Å². The second-order valence-corrected chi connectivity index (χ2v) is 6.80. The van der Waals surface area contributed by atoms with E-state index in [0.29, 0.717) is 5.13 Å². The molecule has 0 unspecified atom stereocenters. The molecule has 0 radical (unpaired) electrons. The summed E-state index contributed by atoms with van der Waals surface area (Å²) in [5.41, 5.74) is 8.70. The maximum Gasteiger partial charge on any atom is 0.200 e. The second kappa shape index (κ2) is 4.71. The van der Waals surface area contributed by atoms with E-state index in [9.17, 15) is 0 Å². The number of nitrogens with zero attached hydrogens (tertiary/aromatic N) is 4. The Hall–Kier alpha value is -2.12. The number of nitrogens with two attached hydrogens (primary N) is 1. The number of hydrogen-bond acceptors (Lipinski definition) is 6. The predicted octanol–water partition coefficient (Wildman–Crippen LogP) is 3.38. The first kappa shape index (κ1) is 12.6. The number of fused-ring (bicyclic) bond motifs is 2. The minimum atomic E-state index is 0.593. The molecule has 4 rings (SSSR count). The first-order valence-corrected chi connectivity index (χ1v) is 7.98. The molecule has 1 aromatic carbocycles. The maximum absolute atomic E-state index is 5.74. The Morgan fingerprint density at radius 2 is 2.10 bits per heavy atom. The number of benzene rings is 1. The molecule has 7 heteroatoms. The summed E-state index contributed by atoms with van der Waals surface area (Å²) < 4.78 is 3.09. The molecule has 0 saturated carbocycles. The molecule has 2 N–H and O–H groups in total.